The highest BCUT2D eigenvalue weighted by Gasteiger charge is 2.27. The van der Waals surface area contributed by atoms with Gasteiger partial charge in [0.1, 0.15) is 6.54 Å². The summed E-state index contributed by atoms with van der Waals surface area (Å²) in [5.41, 5.74) is 3.77. The summed E-state index contributed by atoms with van der Waals surface area (Å²) in [6.07, 6.45) is 1.44. The van der Waals surface area contributed by atoms with E-state index >= 15 is 0 Å². The van der Waals surface area contributed by atoms with Crippen LogP contribution in [0.3, 0.4) is 0 Å². The van der Waals surface area contributed by atoms with Crippen molar-refractivity contribution >= 4 is 23.0 Å². The zero-order valence-corrected chi connectivity index (χ0v) is 18.4. The molecule has 8 heteroatoms. The van der Waals surface area contributed by atoms with E-state index in [2.05, 4.69) is 18.0 Å². The van der Waals surface area contributed by atoms with Gasteiger partial charge in [0.2, 0.25) is 0 Å². The number of nitrogens with zero attached hydrogens (tertiary/aromatic N) is 1. The molecule has 1 heterocycles. The predicted molar refractivity (Wildman–Crippen MR) is 124 cm³/mol. The fourth-order valence-electron chi connectivity index (χ4n) is 3.28. The van der Waals surface area contributed by atoms with Crippen molar-refractivity contribution in [2.75, 3.05) is 18.4 Å². The molecule has 2 amide bonds. The highest BCUT2D eigenvalue weighted by atomic mass is 19.4. The summed E-state index contributed by atoms with van der Waals surface area (Å²) in [5.74, 6) is 0. The highest BCUT2D eigenvalue weighted by Crippen LogP contribution is 2.28. The number of rotatable bonds is 6. The lowest BCUT2D eigenvalue weighted by molar-refractivity contribution is -0.122. The van der Waals surface area contributed by atoms with Crippen LogP contribution in [0.15, 0.2) is 73.5 Å². The first kappa shape index (κ1) is 24.1. The number of anilines is 1. The summed E-state index contributed by atoms with van der Waals surface area (Å²) in [6.45, 7) is 6.76. The Morgan fingerprint density at radius 1 is 1.15 bits per heavy atom. The van der Waals surface area contributed by atoms with Crippen molar-refractivity contribution in [3.8, 4) is 0 Å². The Bertz CT molecular complexity index is 1080. The SMILES string of the molecule is C=C(c1cccc(NC(=O)NCC(F)(F)F)c1)N1C=CC(c2ccc(C(C)(C)O)cc2)=CC1. The quantitative estimate of drug-likeness (QED) is 0.538. The van der Waals surface area contributed by atoms with E-state index in [1.165, 1.54) is 0 Å². The summed E-state index contributed by atoms with van der Waals surface area (Å²) in [5, 5.41) is 14.3. The molecule has 33 heavy (non-hydrogen) atoms. The molecule has 5 nitrogen and oxygen atoms in total. The third-order valence-electron chi connectivity index (χ3n) is 5.12. The first-order chi connectivity index (χ1) is 15.4. The lowest BCUT2D eigenvalue weighted by Crippen LogP contribution is -2.36. The van der Waals surface area contributed by atoms with Crippen LogP contribution in [0.25, 0.3) is 11.3 Å². The van der Waals surface area contributed by atoms with E-state index in [0.29, 0.717) is 17.9 Å². The topological polar surface area (TPSA) is 64.6 Å². The lowest BCUT2D eigenvalue weighted by Gasteiger charge is -2.25. The van der Waals surface area contributed by atoms with Gasteiger partial charge in [0.05, 0.1) is 5.60 Å². The third kappa shape index (κ3) is 6.73. The average Bonchev–Trinajstić information content (AvgIpc) is 2.76. The summed E-state index contributed by atoms with van der Waals surface area (Å²) in [7, 11) is 0. The van der Waals surface area contributed by atoms with Crippen LogP contribution < -0.4 is 10.6 Å². The van der Waals surface area contributed by atoms with Crippen molar-refractivity contribution in [2.45, 2.75) is 25.6 Å². The molecular formula is C25H26F3N3O2. The number of alkyl halides is 3. The summed E-state index contributed by atoms with van der Waals surface area (Å²) in [6, 6.07) is 13.5. The minimum atomic E-state index is -4.47. The van der Waals surface area contributed by atoms with Gasteiger partial charge in [-0.2, -0.15) is 13.2 Å². The Hall–Kier alpha value is -3.52. The molecule has 0 saturated carbocycles. The van der Waals surface area contributed by atoms with Gasteiger partial charge in [-0.3, -0.25) is 0 Å². The smallest absolute Gasteiger partial charge is 0.386 e. The molecule has 0 spiro atoms. The molecule has 0 bridgehead atoms. The summed E-state index contributed by atoms with van der Waals surface area (Å²) in [4.78, 5) is 13.6. The molecule has 0 atom stereocenters. The van der Waals surface area contributed by atoms with E-state index in [-0.39, 0.29) is 0 Å². The molecule has 0 fully saturated rings. The zero-order chi connectivity index (χ0) is 24.2. The van der Waals surface area contributed by atoms with Crippen molar-refractivity contribution in [1.29, 1.82) is 0 Å². The lowest BCUT2D eigenvalue weighted by atomic mass is 9.95. The normalized spacial score (nSPS) is 14.0. The standard InChI is InChI=1S/C25H26F3N3O2/c1-17(20-5-4-6-22(15-20)30-23(32)29-16-25(26,27)28)31-13-11-19(12-14-31)18-7-9-21(10-8-18)24(2,3)33/h4-13,15,33H,1,14,16H2,2-3H3,(H2,29,30,32). The average molecular weight is 457 g/mol. The van der Waals surface area contributed by atoms with Gasteiger partial charge >= 0.3 is 12.2 Å². The van der Waals surface area contributed by atoms with Crippen molar-refractivity contribution in [2.24, 2.45) is 0 Å². The van der Waals surface area contributed by atoms with Crippen molar-refractivity contribution in [1.82, 2.24) is 10.2 Å². The van der Waals surface area contributed by atoms with E-state index in [9.17, 15) is 23.1 Å². The third-order valence-corrected chi connectivity index (χ3v) is 5.12. The summed E-state index contributed by atoms with van der Waals surface area (Å²) < 4.78 is 36.8. The van der Waals surface area contributed by atoms with Crippen LogP contribution in [0.1, 0.15) is 30.5 Å². The maximum absolute atomic E-state index is 12.3. The predicted octanol–water partition coefficient (Wildman–Crippen LogP) is 5.48. The van der Waals surface area contributed by atoms with E-state index in [1.807, 2.05) is 47.5 Å². The number of aliphatic hydroxyl groups is 1. The Labute approximate surface area is 190 Å². The van der Waals surface area contributed by atoms with E-state index in [4.69, 9.17) is 0 Å². The second kappa shape index (κ2) is 9.54. The number of urea groups is 1. The molecule has 0 saturated heterocycles. The van der Waals surface area contributed by atoms with Gasteiger partial charge in [0.25, 0.3) is 0 Å². The maximum Gasteiger partial charge on any atom is 0.405 e. The monoisotopic (exact) mass is 457 g/mol. The Morgan fingerprint density at radius 2 is 1.85 bits per heavy atom. The Balaban J connectivity index is 1.63. The van der Waals surface area contributed by atoms with E-state index < -0.39 is 24.4 Å². The van der Waals surface area contributed by atoms with Gasteiger partial charge in [-0.1, -0.05) is 49.1 Å². The van der Waals surface area contributed by atoms with Crippen LogP contribution in [0.4, 0.5) is 23.7 Å². The first-order valence-corrected chi connectivity index (χ1v) is 10.3. The van der Waals surface area contributed by atoms with Crippen molar-refractivity contribution in [3.63, 3.8) is 0 Å². The van der Waals surface area contributed by atoms with Crippen LogP contribution in [-0.4, -0.2) is 35.3 Å². The van der Waals surface area contributed by atoms with Gasteiger partial charge in [-0.25, -0.2) is 4.79 Å². The van der Waals surface area contributed by atoms with Crippen LogP contribution in [-0.2, 0) is 5.60 Å². The molecule has 0 aromatic heterocycles. The second-order valence-corrected chi connectivity index (χ2v) is 8.21. The highest BCUT2D eigenvalue weighted by molar-refractivity contribution is 5.89. The molecule has 2 aromatic rings. The van der Waals surface area contributed by atoms with Gasteiger partial charge < -0.3 is 20.6 Å². The number of carbonyl (C=O) groups is 1. The van der Waals surface area contributed by atoms with Crippen LogP contribution in [0, 0.1) is 0 Å². The summed E-state index contributed by atoms with van der Waals surface area (Å²) >= 11 is 0. The van der Waals surface area contributed by atoms with Crippen LogP contribution >= 0.6 is 0 Å². The number of hydrogen-bond acceptors (Lipinski definition) is 3. The van der Waals surface area contributed by atoms with E-state index in [1.54, 1.807) is 37.4 Å². The molecule has 0 radical (unpaired) electrons. The van der Waals surface area contributed by atoms with Crippen molar-refractivity contribution in [3.05, 3.63) is 90.2 Å². The molecule has 3 rings (SSSR count). The zero-order valence-electron chi connectivity index (χ0n) is 18.4. The number of benzene rings is 2. The molecule has 174 valence electrons. The molecule has 0 unspecified atom stereocenters. The number of allylic oxidation sites excluding steroid dienone is 2. The number of carbonyl (C=O) groups excluding carboxylic acids is 1. The van der Waals surface area contributed by atoms with Crippen molar-refractivity contribution < 1.29 is 23.1 Å². The minimum absolute atomic E-state index is 0.359. The van der Waals surface area contributed by atoms with Gasteiger partial charge in [0, 0.05) is 24.1 Å². The van der Waals surface area contributed by atoms with E-state index in [0.717, 1.165) is 22.3 Å². The molecule has 1 aliphatic rings. The number of halogens is 3. The Kier molecular flexibility index (Phi) is 6.98. The second-order valence-electron chi connectivity index (χ2n) is 8.21. The minimum Gasteiger partial charge on any atom is -0.386 e. The molecule has 0 aliphatic carbocycles. The maximum atomic E-state index is 12.3. The largest absolute Gasteiger partial charge is 0.405 e. The molecular weight excluding hydrogens is 431 g/mol. The van der Waals surface area contributed by atoms with Gasteiger partial charge in [0.15, 0.2) is 0 Å². The van der Waals surface area contributed by atoms with Crippen LogP contribution in [0.2, 0.25) is 0 Å². The Morgan fingerprint density at radius 3 is 2.42 bits per heavy atom. The van der Waals surface area contributed by atoms with Gasteiger partial charge in [-0.15, -0.1) is 0 Å². The molecule has 2 aromatic carbocycles. The fourth-order valence-corrected chi connectivity index (χ4v) is 3.28. The molecule has 3 N–H and O–H groups in total. The number of nitrogens with one attached hydrogen (secondary N) is 2. The van der Waals surface area contributed by atoms with Gasteiger partial charge in [-0.05, 0) is 54.3 Å². The van der Waals surface area contributed by atoms with Crippen LogP contribution in [0.5, 0.6) is 0 Å². The number of hydrogen-bond donors (Lipinski definition) is 3. The fraction of sp³-hybridized carbons (Fsp3) is 0.240. The first-order valence-electron chi connectivity index (χ1n) is 10.3. The molecule has 1 aliphatic heterocycles. The number of amides is 2.